The van der Waals surface area contributed by atoms with E-state index >= 15 is 0 Å². The van der Waals surface area contributed by atoms with Gasteiger partial charge in [-0.05, 0) is 31.0 Å². The molecule has 0 bridgehead atoms. The fraction of sp³-hybridized carbons (Fsp3) is 0.467. The fourth-order valence-electron chi connectivity index (χ4n) is 1.99. The van der Waals surface area contributed by atoms with E-state index in [2.05, 4.69) is 24.2 Å². The zero-order chi connectivity index (χ0) is 15.2. The van der Waals surface area contributed by atoms with Gasteiger partial charge in [0.15, 0.2) is 5.96 Å². The van der Waals surface area contributed by atoms with Crippen LogP contribution in [0.5, 0.6) is 0 Å². The second-order valence-corrected chi connectivity index (χ2v) is 5.09. The number of anilines is 1. The topological polar surface area (TPSA) is 79.9 Å². The van der Waals surface area contributed by atoms with Gasteiger partial charge in [-0.2, -0.15) is 0 Å². The van der Waals surface area contributed by atoms with Gasteiger partial charge in [-0.1, -0.05) is 19.1 Å². The van der Waals surface area contributed by atoms with Crippen molar-refractivity contribution in [2.24, 2.45) is 10.7 Å². The Morgan fingerprint density at radius 1 is 1.48 bits per heavy atom. The van der Waals surface area contributed by atoms with E-state index in [0.717, 1.165) is 17.7 Å². The summed E-state index contributed by atoms with van der Waals surface area (Å²) in [6.45, 7) is 5.71. The standard InChI is InChI=1S/C15H22N4O2/c1-3-11(2)18-14(16)17-10-12-4-6-13(7-5-12)19-8-9-21-15(19)20/h4-7,11H,3,8-10H2,1-2H3,(H3,16,17,18). The van der Waals surface area contributed by atoms with Gasteiger partial charge < -0.3 is 15.8 Å². The van der Waals surface area contributed by atoms with E-state index in [0.29, 0.717) is 31.7 Å². The second-order valence-electron chi connectivity index (χ2n) is 5.09. The van der Waals surface area contributed by atoms with Gasteiger partial charge in [0.25, 0.3) is 0 Å². The number of hydrogen-bond acceptors (Lipinski definition) is 3. The number of cyclic esters (lactones) is 1. The van der Waals surface area contributed by atoms with Gasteiger partial charge in [0.1, 0.15) is 6.61 Å². The average Bonchev–Trinajstić information content (AvgIpc) is 2.91. The van der Waals surface area contributed by atoms with Crippen LogP contribution in [0.3, 0.4) is 0 Å². The molecule has 1 saturated heterocycles. The predicted molar refractivity (Wildman–Crippen MR) is 83.4 cm³/mol. The molecule has 0 spiro atoms. The van der Waals surface area contributed by atoms with E-state index in [1.165, 1.54) is 0 Å². The monoisotopic (exact) mass is 290 g/mol. The predicted octanol–water partition coefficient (Wildman–Crippen LogP) is 1.85. The number of amides is 1. The summed E-state index contributed by atoms with van der Waals surface area (Å²) in [5.74, 6) is 0.455. The molecule has 1 heterocycles. The minimum atomic E-state index is -0.289. The molecule has 1 aromatic carbocycles. The van der Waals surface area contributed by atoms with Crippen LogP contribution < -0.4 is 16.0 Å². The molecule has 0 radical (unpaired) electrons. The normalized spacial score (nSPS) is 16.8. The van der Waals surface area contributed by atoms with Gasteiger partial charge in [-0.3, -0.25) is 4.90 Å². The first-order valence-corrected chi connectivity index (χ1v) is 7.20. The largest absolute Gasteiger partial charge is 0.447 e. The van der Waals surface area contributed by atoms with Crippen molar-refractivity contribution < 1.29 is 9.53 Å². The molecular formula is C15H22N4O2. The Morgan fingerprint density at radius 3 is 2.76 bits per heavy atom. The highest BCUT2D eigenvalue weighted by atomic mass is 16.6. The Kier molecular flexibility index (Phi) is 5.03. The number of guanidine groups is 1. The van der Waals surface area contributed by atoms with Crippen LogP contribution in [0.1, 0.15) is 25.8 Å². The SMILES string of the molecule is CCC(C)NC(N)=NCc1ccc(N2CCOC2=O)cc1. The number of carbonyl (C=O) groups is 1. The maximum Gasteiger partial charge on any atom is 0.414 e. The van der Waals surface area contributed by atoms with Crippen molar-refractivity contribution in [3.05, 3.63) is 29.8 Å². The summed E-state index contributed by atoms with van der Waals surface area (Å²) < 4.78 is 4.92. The zero-order valence-corrected chi connectivity index (χ0v) is 12.5. The van der Waals surface area contributed by atoms with Crippen molar-refractivity contribution in [1.82, 2.24) is 5.32 Å². The zero-order valence-electron chi connectivity index (χ0n) is 12.5. The first-order valence-electron chi connectivity index (χ1n) is 7.20. The van der Waals surface area contributed by atoms with Crippen LogP contribution >= 0.6 is 0 Å². The third-order valence-electron chi connectivity index (χ3n) is 3.45. The summed E-state index contributed by atoms with van der Waals surface area (Å²) in [6, 6.07) is 8.00. The molecule has 6 heteroatoms. The van der Waals surface area contributed by atoms with Gasteiger partial charge in [0.05, 0.1) is 13.1 Å². The molecular weight excluding hydrogens is 268 g/mol. The highest BCUT2D eigenvalue weighted by Crippen LogP contribution is 2.19. The number of nitrogens with one attached hydrogen (secondary N) is 1. The first kappa shape index (κ1) is 15.2. The molecule has 1 amide bonds. The van der Waals surface area contributed by atoms with E-state index < -0.39 is 0 Å². The molecule has 1 aromatic rings. The summed E-state index contributed by atoms with van der Waals surface area (Å²) in [7, 11) is 0. The number of nitrogens with two attached hydrogens (primary N) is 1. The van der Waals surface area contributed by atoms with E-state index in [1.807, 2.05) is 24.3 Å². The number of aliphatic imine (C=N–C) groups is 1. The molecule has 1 aliphatic heterocycles. The van der Waals surface area contributed by atoms with E-state index in [9.17, 15) is 4.79 Å². The smallest absolute Gasteiger partial charge is 0.414 e. The summed E-state index contributed by atoms with van der Waals surface area (Å²) in [5.41, 5.74) is 7.70. The summed E-state index contributed by atoms with van der Waals surface area (Å²) >= 11 is 0. The van der Waals surface area contributed by atoms with Gasteiger partial charge in [-0.25, -0.2) is 9.79 Å². The van der Waals surface area contributed by atoms with Crippen LogP contribution in [-0.4, -0.2) is 31.2 Å². The van der Waals surface area contributed by atoms with Crippen LogP contribution in [0.2, 0.25) is 0 Å². The fourth-order valence-corrected chi connectivity index (χ4v) is 1.99. The Bertz CT molecular complexity index is 513. The molecule has 0 aliphatic carbocycles. The van der Waals surface area contributed by atoms with E-state index in [-0.39, 0.29) is 6.09 Å². The Balaban J connectivity index is 1.93. The summed E-state index contributed by atoms with van der Waals surface area (Å²) in [4.78, 5) is 17.4. The average molecular weight is 290 g/mol. The molecule has 1 fully saturated rings. The molecule has 114 valence electrons. The first-order chi connectivity index (χ1) is 10.1. The minimum Gasteiger partial charge on any atom is -0.447 e. The van der Waals surface area contributed by atoms with Gasteiger partial charge in [-0.15, -0.1) is 0 Å². The Morgan fingerprint density at radius 2 is 2.19 bits per heavy atom. The number of rotatable bonds is 5. The molecule has 2 rings (SSSR count). The molecule has 6 nitrogen and oxygen atoms in total. The van der Waals surface area contributed by atoms with Crippen LogP contribution in [0.15, 0.2) is 29.3 Å². The summed E-state index contributed by atoms with van der Waals surface area (Å²) in [6.07, 6.45) is 0.708. The molecule has 21 heavy (non-hydrogen) atoms. The molecule has 0 saturated carbocycles. The third kappa shape index (κ3) is 4.11. The molecule has 0 aromatic heterocycles. The van der Waals surface area contributed by atoms with Crippen molar-refractivity contribution in [3.63, 3.8) is 0 Å². The van der Waals surface area contributed by atoms with E-state index in [1.54, 1.807) is 4.90 Å². The van der Waals surface area contributed by atoms with Crippen LogP contribution in [0.4, 0.5) is 10.5 Å². The Labute approximate surface area is 125 Å². The summed E-state index contributed by atoms with van der Waals surface area (Å²) in [5, 5.41) is 3.12. The highest BCUT2D eigenvalue weighted by molar-refractivity contribution is 5.89. The van der Waals surface area contributed by atoms with Gasteiger partial charge in [0.2, 0.25) is 0 Å². The maximum atomic E-state index is 11.5. The lowest BCUT2D eigenvalue weighted by Gasteiger charge is -2.13. The molecule has 1 aliphatic rings. The number of nitrogens with zero attached hydrogens (tertiary/aromatic N) is 2. The van der Waals surface area contributed by atoms with Crippen LogP contribution in [0, 0.1) is 0 Å². The van der Waals surface area contributed by atoms with Crippen LogP contribution in [0.25, 0.3) is 0 Å². The third-order valence-corrected chi connectivity index (χ3v) is 3.45. The van der Waals surface area contributed by atoms with Crippen molar-refractivity contribution in [2.75, 3.05) is 18.1 Å². The Hall–Kier alpha value is -2.24. The van der Waals surface area contributed by atoms with Crippen molar-refractivity contribution in [1.29, 1.82) is 0 Å². The lowest BCUT2D eigenvalue weighted by Crippen LogP contribution is -2.38. The molecule has 1 unspecified atom stereocenters. The van der Waals surface area contributed by atoms with Crippen molar-refractivity contribution >= 4 is 17.7 Å². The lowest BCUT2D eigenvalue weighted by atomic mass is 10.2. The minimum absolute atomic E-state index is 0.289. The molecule has 1 atom stereocenters. The lowest BCUT2D eigenvalue weighted by molar-refractivity contribution is 0.181. The van der Waals surface area contributed by atoms with Crippen LogP contribution in [-0.2, 0) is 11.3 Å². The van der Waals surface area contributed by atoms with Crippen molar-refractivity contribution in [3.8, 4) is 0 Å². The number of benzene rings is 1. The second kappa shape index (κ2) is 6.97. The van der Waals surface area contributed by atoms with Gasteiger partial charge in [0, 0.05) is 11.7 Å². The number of hydrogen-bond donors (Lipinski definition) is 2. The van der Waals surface area contributed by atoms with E-state index in [4.69, 9.17) is 10.5 Å². The number of ether oxygens (including phenoxy) is 1. The van der Waals surface area contributed by atoms with Crippen molar-refractivity contribution in [2.45, 2.75) is 32.9 Å². The highest BCUT2D eigenvalue weighted by Gasteiger charge is 2.23. The number of carbonyl (C=O) groups excluding carboxylic acids is 1. The molecule has 3 N–H and O–H groups in total. The van der Waals surface area contributed by atoms with Gasteiger partial charge >= 0.3 is 6.09 Å². The maximum absolute atomic E-state index is 11.5. The quantitative estimate of drug-likeness (QED) is 0.640.